The van der Waals surface area contributed by atoms with Crippen molar-refractivity contribution in [2.24, 2.45) is 5.10 Å². The van der Waals surface area contributed by atoms with Crippen LogP contribution in [0, 0.1) is 0 Å². The van der Waals surface area contributed by atoms with E-state index in [2.05, 4.69) is 5.10 Å². The van der Waals surface area contributed by atoms with Gasteiger partial charge in [-0.25, -0.2) is 0 Å². The van der Waals surface area contributed by atoms with E-state index in [1.165, 1.54) is 11.7 Å². The van der Waals surface area contributed by atoms with Gasteiger partial charge in [0.05, 0.1) is 12.2 Å². The van der Waals surface area contributed by atoms with E-state index in [1.807, 2.05) is 30.3 Å². The lowest BCUT2D eigenvalue weighted by Gasteiger charge is -2.20. The van der Waals surface area contributed by atoms with E-state index < -0.39 is 13.1 Å². The summed E-state index contributed by atoms with van der Waals surface area (Å²) in [6.45, 7) is 1.53. The molecule has 0 aliphatic carbocycles. The average Bonchev–Trinajstić information content (AvgIpc) is 2.55. The average molecular weight is 275 g/mol. The molecule has 1 aromatic carbocycles. The van der Waals surface area contributed by atoms with E-state index in [4.69, 9.17) is 16.1 Å². The lowest BCUT2D eigenvalue weighted by atomic mass is 10.3. The first-order chi connectivity index (χ1) is 8.01. The third kappa shape index (κ3) is 2.63. The Morgan fingerprint density at radius 1 is 1.53 bits per heavy atom. The number of hydrogen-bond donors (Lipinski definition) is 1. The van der Waals surface area contributed by atoms with Crippen molar-refractivity contribution in [1.29, 1.82) is 0 Å². The van der Waals surface area contributed by atoms with Crippen molar-refractivity contribution in [3.63, 3.8) is 0 Å². The quantitative estimate of drug-likeness (QED) is 0.679. The Hall–Kier alpha value is -1.03. The van der Waals surface area contributed by atoms with Crippen molar-refractivity contribution in [2.75, 3.05) is 18.2 Å². The standard InChI is InChI=1S/C10H12ClN2O3P/c1-17(15)16-10(11)7-13(12-9(10)14)8-5-3-2-4-6-8/h2-6,17H,7H2,1H3,(H,12,14). The van der Waals surface area contributed by atoms with Crippen LogP contribution < -0.4 is 5.01 Å². The van der Waals surface area contributed by atoms with Crippen molar-refractivity contribution in [3.05, 3.63) is 30.3 Å². The number of hydrazone groups is 1. The summed E-state index contributed by atoms with van der Waals surface area (Å²) in [6.07, 6.45) is 0. The van der Waals surface area contributed by atoms with E-state index in [0.29, 0.717) is 0 Å². The normalized spacial score (nSPS) is 25.8. The molecule has 1 aliphatic heterocycles. The van der Waals surface area contributed by atoms with Gasteiger partial charge < -0.3 is 5.11 Å². The van der Waals surface area contributed by atoms with E-state index >= 15 is 0 Å². The van der Waals surface area contributed by atoms with Crippen LogP contribution in [0.2, 0.25) is 0 Å². The van der Waals surface area contributed by atoms with Gasteiger partial charge >= 0.3 is 0 Å². The van der Waals surface area contributed by atoms with Gasteiger partial charge in [-0.2, -0.15) is 0 Å². The summed E-state index contributed by atoms with van der Waals surface area (Å²) in [7, 11) is -2.26. The summed E-state index contributed by atoms with van der Waals surface area (Å²) in [4.78, 5) is 0. The Bertz CT molecular complexity index is 468. The van der Waals surface area contributed by atoms with E-state index in [9.17, 15) is 9.67 Å². The minimum Gasteiger partial charge on any atom is -0.492 e. The fourth-order valence-corrected chi connectivity index (χ4v) is 2.63. The van der Waals surface area contributed by atoms with Gasteiger partial charge in [-0.15, -0.1) is 5.10 Å². The predicted octanol–water partition coefficient (Wildman–Crippen LogP) is 2.43. The van der Waals surface area contributed by atoms with Crippen LogP contribution in [0.15, 0.2) is 35.4 Å². The highest BCUT2D eigenvalue weighted by Gasteiger charge is 2.44. The van der Waals surface area contributed by atoms with Gasteiger partial charge in [-0.1, -0.05) is 29.8 Å². The molecule has 0 amide bonds. The second-order valence-corrected chi connectivity index (χ2v) is 5.44. The smallest absolute Gasteiger partial charge is 0.255 e. The molecule has 0 fully saturated rings. The molecule has 2 atom stereocenters. The Labute approximate surface area is 105 Å². The summed E-state index contributed by atoms with van der Waals surface area (Å²) >= 11 is 6.04. The van der Waals surface area contributed by atoms with Crippen LogP contribution in [-0.2, 0) is 9.09 Å². The lowest BCUT2D eigenvalue weighted by Crippen LogP contribution is -2.36. The van der Waals surface area contributed by atoms with Crippen LogP contribution in [0.25, 0.3) is 0 Å². The van der Waals surface area contributed by atoms with Crippen molar-refractivity contribution < 1.29 is 14.2 Å². The number of aliphatic hydroxyl groups excluding tert-OH is 1. The Balaban J connectivity index is 2.20. The molecular weight excluding hydrogens is 263 g/mol. The molecule has 1 N–H and O–H groups in total. The number of aliphatic hydroxyl groups is 1. The minimum atomic E-state index is -2.26. The summed E-state index contributed by atoms with van der Waals surface area (Å²) < 4.78 is 16.1. The number of alkyl halides is 1. The zero-order chi connectivity index (χ0) is 12.5. The van der Waals surface area contributed by atoms with Gasteiger partial charge in [0.2, 0.25) is 5.06 Å². The van der Waals surface area contributed by atoms with E-state index in [1.54, 1.807) is 0 Å². The molecule has 7 heteroatoms. The number of hydrogen-bond acceptors (Lipinski definition) is 4. The number of nitrogens with zero attached hydrogens (tertiary/aromatic N) is 2. The number of benzene rings is 1. The fourth-order valence-electron chi connectivity index (χ4n) is 1.54. The largest absolute Gasteiger partial charge is 0.492 e. The molecule has 1 heterocycles. The maximum absolute atomic E-state index is 11.1. The Kier molecular flexibility index (Phi) is 3.43. The minimum absolute atomic E-state index is 0.120. The number of halogens is 1. The van der Waals surface area contributed by atoms with Gasteiger partial charge in [0.1, 0.15) is 0 Å². The molecule has 17 heavy (non-hydrogen) atoms. The predicted molar refractivity (Wildman–Crippen MR) is 68.4 cm³/mol. The molecule has 0 saturated carbocycles. The van der Waals surface area contributed by atoms with Crippen LogP contribution in [0.3, 0.4) is 0 Å². The van der Waals surface area contributed by atoms with Crippen LogP contribution in [0.5, 0.6) is 0 Å². The highest BCUT2D eigenvalue weighted by atomic mass is 35.5. The zero-order valence-corrected chi connectivity index (χ0v) is 10.9. The van der Waals surface area contributed by atoms with Gasteiger partial charge in [-0.05, 0) is 12.1 Å². The van der Waals surface area contributed by atoms with Gasteiger partial charge in [0.15, 0.2) is 8.03 Å². The molecule has 2 unspecified atom stereocenters. The van der Waals surface area contributed by atoms with Crippen molar-refractivity contribution in [1.82, 2.24) is 0 Å². The van der Waals surface area contributed by atoms with Crippen LogP contribution in [-0.4, -0.2) is 29.3 Å². The van der Waals surface area contributed by atoms with Crippen molar-refractivity contribution in [2.45, 2.75) is 5.06 Å². The monoisotopic (exact) mass is 274 g/mol. The summed E-state index contributed by atoms with van der Waals surface area (Å²) in [5, 5.41) is 13.5. The van der Waals surface area contributed by atoms with Gasteiger partial charge in [-0.3, -0.25) is 14.1 Å². The highest BCUT2D eigenvalue weighted by molar-refractivity contribution is 7.38. The van der Waals surface area contributed by atoms with Crippen LogP contribution in [0.1, 0.15) is 0 Å². The molecule has 0 bridgehead atoms. The third-order valence-electron chi connectivity index (χ3n) is 2.26. The molecule has 1 aromatic rings. The first-order valence-electron chi connectivity index (χ1n) is 5.00. The highest BCUT2D eigenvalue weighted by Crippen LogP contribution is 2.36. The van der Waals surface area contributed by atoms with E-state index in [0.717, 1.165) is 5.69 Å². The summed E-state index contributed by atoms with van der Waals surface area (Å²) in [5.41, 5.74) is 0.779. The first kappa shape index (κ1) is 12.4. The van der Waals surface area contributed by atoms with Crippen LogP contribution >= 0.6 is 19.6 Å². The topological polar surface area (TPSA) is 62.1 Å². The molecule has 1 aliphatic rings. The molecule has 5 nitrogen and oxygen atoms in total. The first-order valence-corrected chi connectivity index (χ1v) is 7.20. The molecule has 0 saturated heterocycles. The molecular formula is C10H12ClN2O3P. The second kappa shape index (κ2) is 4.69. The van der Waals surface area contributed by atoms with Gasteiger partial charge in [0.25, 0.3) is 5.90 Å². The molecule has 92 valence electrons. The lowest BCUT2D eigenvalue weighted by molar-refractivity contribution is 0.233. The maximum atomic E-state index is 11.1. The third-order valence-corrected chi connectivity index (χ3v) is 3.39. The molecule has 0 spiro atoms. The second-order valence-electron chi connectivity index (χ2n) is 3.64. The SMILES string of the molecule is C[PH](=O)OC1(Cl)CN(c2ccccc2)N=C1O. The summed E-state index contributed by atoms with van der Waals surface area (Å²) in [5.74, 6) is -0.372. The number of para-hydroxylation sites is 1. The number of anilines is 1. The Morgan fingerprint density at radius 2 is 2.18 bits per heavy atom. The molecule has 0 aromatic heterocycles. The number of rotatable bonds is 3. The van der Waals surface area contributed by atoms with Crippen molar-refractivity contribution in [3.8, 4) is 0 Å². The van der Waals surface area contributed by atoms with Crippen LogP contribution in [0.4, 0.5) is 5.69 Å². The molecule has 2 rings (SSSR count). The zero-order valence-electron chi connectivity index (χ0n) is 9.13. The summed E-state index contributed by atoms with van der Waals surface area (Å²) in [6, 6.07) is 9.22. The van der Waals surface area contributed by atoms with E-state index in [-0.39, 0.29) is 12.4 Å². The van der Waals surface area contributed by atoms with Gasteiger partial charge in [0, 0.05) is 6.66 Å². The maximum Gasteiger partial charge on any atom is 0.255 e. The molecule has 0 radical (unpaired) electrons. The fraction of sp³-hybridized carbons (Fsp3) is 0.300. The van der Waals surface area contributed by atoms with Crippen molar-refractivity contribution >= 4 is 31.2 Å². The Morgan fingerprint density at radius 3 is 2.76 bits per heavy atom.